The van der Waals surface area contributed by atoms with Crippen molar-refractivity contribution in [2.45, 2.75) is 13.3 Å². The summed E-state index contributed by atoms with van der Waals surface area (Å²) >= 11 is 1.61. The molecule has 7 heteroatoms. The summed E-state index contributed by atoms with van der Waals surface area (Å²) < 4.78 is 16.1. The molecule has 28 heavy (non-hydrogen) atoms. The van der Waals surface area contributed by atoms with Crippen LogP contribution in [-0.2, 0) is 11.2 Å². The number of benzene rings is 2. The lowest BCUT2D eigenvalue weighted by atomic mass is 10.1. The lowest BCUT2D eigenvalue weighted by Gasteiger charge is -2.15. The van der Waals surface area contributed by atoms with E-state index >= 15 is 0 Å². The van der Waals surface area contributed by atoms with Gasteiger partial charge in [0.2, 0.25) is 11.7 Å². The number of carbonyl (C=O) groups excluding carboxylic acids is 1. The van der Waals surface area contributed by atoms with Crippen molar-refractivity contribution in [3.8, 4) is 28.5 Å². The number of anilines is 1. The molecule has 146 valence electrons. The summed E-state index contributed by atoms with van der Waals surface area (Å²) in [6, 6.07) is 11.2. The van der Waals surface area contributed by atoms with E-state index in [4.69, 9.17) is 14.2 Å². The molecule has 0 saturated carbocycles. The zero-order valence-electron chi connectivity index (χ0n) is 16.2. The van der Waals surface area contributed by atoms with Gasteiger partial charge in [0.1, 0.15) is 0 Å². The number of thiazole rings is 1. The number of aryl methyl sites for hydroxylation is 1. The van der Waals surface area contributed by atoms with E-state index in [1.807, 2.05) is 36.6 Å². The van der Waals surface area contributed by atoms with Crippen LogP contribution in [0.2, 0.25) is 0 Å². The first kappa shape index (κ1) is 19.7. The zero-order valence-corrected chi connectivity index (χ0v) is 17.1. The van der Waals surface area contributed by atoms with Crippen molar-refractivity contribution in [3.63, 3.8) is 0 Å². The van der Waals surface area contributed by atoms with E-state index in [-0.39, 0.29) is 12.3 Å². The predicted molar refractivity (Wildman–Crippen MR) is 111 cm³/mol. The smallest absolute Gasteiger partial charge is 0.228 e. The predicted octanol–water partition coefficient (Wildman–Crippen LogP) is 4.33. The van der Waals surface area contributed by atoms with Crippen LogP contribution in [-0.4, -0.2) is 32.2 Å². The molecule has 6 nitrogen and oxygen atoms in total. The minimum atomic E-state index is -0.150. The number of carbonyl (C=O) groups is 1. The van der Waals surface area contributed by atoms with Crippen molar-refractivity contribution in [1.29, 1.82) is 0 Å². The first-order valence-electron chi connectivity index (χ1n) is 8.66. The minimum Gasteiger partial charge on any atom is -0.493 e. The van der Waals surface area contributed by atoms with Crippen molar-refractivity contribution in [1.82, 2.24) is 4.98 Å². The molecule has 1 N–H and O–H groups in total. The summed E-state index contributed by atoms with van der Waals surface area (Å²) in [4.78, 5) is 17.0. The molecule has 0 spiro atoms. The molecule has 0 atom stereocenters. The Labute approximate surface area is 168 Å². The Morgan fingerprint density at radius 2 is 1.71 bits per heavy atom. The Morgan fingerprint density at radius 1 is 1.00 bits per heavy atom. The van der Waals surface area contributed by atoms with Gasteiger partial charge < -0.3 is 19.5 Å². The van der Waals surface area contributed by atoms with E-state index in [0.717, 1.165) is 22.0 Å². The third kappa shape index (κ3) is 4.26. The molecule has 0 unspecified atom stereocenters. The van der Waals surface area contributed by atoms with Crippen LogP contribution in [0.1, 0.15) is 10.6 Å². The Balaban J connectivity index is 1.72. The summed E-state index contributed by atoms with van der Waals surface area (Å²) in [6.45, 7) is 1.98. The van der Waals surface area contributed by atoms with Gasteiger partial charge in [-0.1, -0.05) is 18.2 Å². The number of rotatable bonds is 7. The molecule has 3 aromatic rings. The van der Waals surface area contributed by atoms with Gasteiger partial charge in [-0.05, 0) is 25.1 Å². The van der Waals surface area contributed by atoms with Gasteiger partial charge >= 0.3 is 0 Å². The number of nitrogens with one attached hydrogen (secondary N) is 1. The maximum Gasteiger partial charge on any atom is 0.228 e. The molecule has 0 aliphatic heterocycles. The van der Waals surface area contributed by atoms with E-state index < -0.39 is 0 Å². The average Bonchev–Trinajstić information content (AvgIpc) is 3.14. The fourth-order valence-corrected chi connectivity index (χ4v) is 3.52. The Morgan fingerprint density at radius 3 is 2.29 bits per heavy atom. The van der Waals surface area contributed by atoms with Gasteiger partial charge in [-0.15, -0.1) is 11.3 Å². The highest BCUT2D eigenvalue weighted by atomic mass is 32.1. The maximum absolute atomic E-state index is 12.5. The number of amides is 1. The number of nitrogens with zero attached hydrogens (tertiary/aromatic N) is 1. The molecule has 0 aliphatic rings. The third-order valence-corrected chi connectivity index (χ3v) is 4.99. The molecule has 0 fully saturated rings. The first-order chi connectivity index (χ1) is 13.5. The number of hydrogen-bond acceptors (Lipinski definition) is 6. The van der Waals surface area contributed by atoms with Crippen LogP contribution in [0.25, 0.3) is 11.3 Å². The number of aromatic nitrogens is 1. The highest BCUT2D eigenvalue weighted by molar-refractivity contribution is 7.09. The van der Waals surface area contributed by atoms with Crippen molar-refractivity contribution in [2.24, 2.45) is 0 Å². The van der Waals surface area contributed by atoms with Gasteiger partial charge in [0.05, 0.1) is 38.5 Å². The number of hydrogen-bond donors (Lipinski definition) is 1. The monoisotopic (exact) mass is 398 g/mol. The SMILES string of the molecule is COc1ccc(CC(=O)Nc2ccc(-c3csc(C)n3)cc2)c(OC)c1OC. The van der Waals surface area contributed by atoms with Gasteiger partial charge in [0, 0.05) is 22.2 Å². The molecule has 2 aromatic carbocycles. The number of ether oxygens (including phenoxy) is 3. The van der Waals surface area contributed by atoms with Crippen molar-refractivity contribution < 1.29 is 19.0 Å². The van der Waals surface area contributed by atoms with Gasteiger partial charge in [-0.2, -0.15) is 0 Å². The minimum absolute atomic E-state index is 0.149. The van der Waals surface area contributed by atoms with Crippen LogP contribution >= 0.6 is 11.3 Å². The van der Waals surface area contributed by atoms with Crippen LogP contribution in [0.15, 0.2) is 41.8 Å². The molecule has 0 radical (unpaired) electrons. The van der Waals surface area contributed by atoms with E-state index in [2.05, 4.69) is 10.3 Å². The van der Waals surface area contributed by atoms with Crippen LogP contribution in [0.3, 0.4) is 0 Å². The van der Waals surface area contributed by atoms with E-state index in [0.29, 0.717) is 22.8 Å². The topological polar surface area (TPSA) is 69.7 Å². The second-order valence-corrected chi connectivity index (χ2v) is 7.11. The van der Waals surface area contributed by atoms with E-state index in [1.54, 1.807) is 30.6 Å². The summed E-state index contributed by atoms with van der Waals surface area (Å²) in [5.74, 6) is 1.36. The van der Waals surface area contributed by atoms with Crippen molar-refractivity contribution in [2.75, 3.05) is 26.6 Å². The lowest BCUT2D eigenvalue weighted by Crippen LogP contribution is -2.15. The molecule has 0 bridgehead atoms. The molecule has 3 rings (SSSR count). The molecule has 0 saturated heterocycles. The van der Waals surface area contributed by atoms with Crippen molar-refractivity contribution in [3.05, 3.63) is 52.3 Å². The molecule has 1 amide bonds. The van der Waals surface area contributed by atoms with Gasteiger partial charge in [-0.3, -0.25) is 4.79 Å². The van der Waals surface area contributed by atoms with E-state index in [1.165, 1.54) is 14.2 Å². The second-order valence-electron chi connectivity index (χ2n) is 6.05. The molecular weight excluding hydrogens is 376 g/mol. The average molecular weight is 398 g/mol. The van der Waals surface area contributed by atoms with Crippen LogP contribution in [0.5, 0.6) is 17.2 Å². The standard InChI is InChI=1S/C21H22N2O4S/c1-13-22-17(12-28-13)14-5-8-16(9-6-14)23-19(24)11-15-7-10-18(25-2)21(27-4)20(15)26-3/h5-10,12H,11H2,1-4H3,(H,23,24). The Hall–Kier alpha value is -3.06. The Kier molecular flexibility index (Phi) is 6.16. The summed E-state index contributed by atoms with van der Waals surface area (Å²) in [5, 5.41) is 5.95. The van der Waals surface area contributed by atoms with Crippen LogP contribution in [0.4, 0.5) is 5.69 Å². The molecule has 0 aliphatic carbocycles. The first-order valence-corrected chi connectivity index (χ1v) is 9.54. The molecule has 1 heterocycles. The maximum atomic E-state index is 12.5. The fraction of sp³-hybridized carbons (Fsp3) is 0.238. The van der Waals surface area contributed by atoms with Gasteiger partial charge in [-0.25, -0.2) is 4.98 Å². The quantitative estimate of drug-likeness (QED) is 0.642. The normalized spacial score (nSPS) is 10.4. The summed E-state index contributed by atoms with van der Waals surface area (Å²) in [6.07, 6.45) is 0.149. The second kappa shape index (κ2) is 8.75. The van der Waals surface area contributed by atoms with E-state index in [9.17, 15) is 4.79 Å². The van der Waals surface area contributed by atoms with Gasteiger partial charge in [0.25, 0.3) is 0 Å². The molecular formula is C21H22N2O4S. The third-order valence-electron chi connectivity index (χ3n) is 4.22. The Bertz CT molecular complexity index is 967. The largest absolute Gasteiger partial charge is 0.493 e. The summed E-state index contributed by atoms with van der Waals surface area (Å²) in [7, 11) is 4.63. The lowest BCUT2D eigenvalue weighted by molar-refractivity contribution is -0.115. The highest BCUT2D eigenvalue weighted by Crippen LogP contribution is 2.40. The fourth-order valence-electron chi connectivity index (χ4n) is 2.90. The van der Waals surface area contributed by atoms with Crippen molar-refractivity contribution >= 4 is 22.9 Å². The summed E-state index contributed by atoms with van der Waals surface area (Å²) in [5.41, 5.74) is 3.40. The molecule has 1 aromatic heterocycles. The highest BCUT2D eigenvalue weighted by Gasteiger charge is 2.18. The zero-order chi connectivity index (χ0) is 20.1. The van der Waals surface area contributed by atoms with Gasteiger partial charge in [0.15, 0.2) is 11.5 Å². The van der Waals surface area contributed by atoms with Crippen LogP contribution in [0, 0.1) is 6.92 Å². The van der Waals surface area contributed by atoms with Crippen LogP contribution < -0.4 is 19.5 Å². The number of methoxy groups -OCH3 is 3.